The molecule has 0 saturated heterocycles. The van der Waals surface area contributed by atoms with Crippen LogP contribution in [0.5, 0.6) is 0 Å². The summed E-state index contributed by atoms with van der Waals surface area (Å²) in [5.41, 5.74) is 0. The quantitative estimate of drug-likeness (QED) is 0.758. The van der Waals surface area contributed by atoms with Gasteiger partial charge in [0, 0.05) is 12.5 Å². The molecular formula is C16H28F3N. The highest BCUT2D eigenvalue weighted by atomic mass is 19.4. The Morgan fingerprint density at radius 2 is 1.75 bits per heavy atom. The molecule has 0 aromatic rings. The molecule has 118 valence electrons. The molecule has 2 fully saturated rings. The minimum Gasteiger partial charge on any atom is -0.317 e. The number of hydrogen-bond acceptors (Lipinski definition) is 1. The minimum atomic E-state index is -4.00. The van der Waals surface area contributed by atoms with E-state index in [-0.39, 0.29) is 12.5 Å². The maximum Gasteiger partial charge on any atom is 0.389 e. The van der Waals surface area contributed by atoms with Crippen LogP contribution in [-0.4, -0.2) is 19.3 Å². The Hall–Kier alpha value is -0.250. The van der Waals surface area contributed by atoms with Crippen molar-refractivity contribution in [1.29, 1.82) is 0 Å². The van der Waals surface area contributed by atoms with Crippen LogP contribution in [0.4, 0.5) is 13.2 Å². The number of alkyl halides is 3. The monoisotopic (exact) mass is 291 g/mol. The molecule has 0 aromatic carbocycles. The van der Waals surface area contributed by atoms with E-state index >= 15 is 0 Å². The van der Waals surface area contributed by atoms with Crippen molar-refractivity contribution in [2.24, 2.45) is 17.8 Å². The molecule has 0 heterocycles. The van der Waals surface area contributed by atoms with Gasteiger partial charge in [-0.15, -0.1) is 0 Å². The van der Waals surface area contributed by atoms with E-state index in [1.165, 1.54) is 44.9 Å². The zero-order valence-corrected chi connectivity index (χ0v) is 12.5. The van der Waals surface area contributed by atoms with E-state index in [0.717, 1.165) is 11.8 Å². The topological polar surface area (TPSA) is 12.0 Å². The highest BCUT2D eigenvalue weighted by Crippen LogP contribution is 2.44. The normalized spacial score (nSPS) is 32.7. The summed E-state index contributed by atoms with van der Waals surface area (Å²) in [6.07, 6.45) is 5.50. The van der Waals surface area contributed by atoms with Crippen LogP contribution >= 0.6 is 0 Å². The van der Waals surface area contributed by atoms with Crippen LogP contribution in [0.25, 0.3) is 0 Å². The van der Waals surface area contributed by atoms with Gasteiger partial charge in [-0.1, -0.05) is 25.7 Å². The van der Waals surface area contributed by atoms with Crippen molar-refractivity contribution in [1.82, 2.24) is 5.32 Å². The highest BCUT2D eigenvalue weighted by molar-refractivity contribution is 4.87. The van der Waals surface area contributed by atoms with E-state index in [9.17, 15) is 13.2 Å². The Morgan fingerprint density at radius 1 is 1.05 bits per heavy atom. The molecular weight excluding hydrogens is 263 g/mol. The third-order valence-corrected chi connectivity index (χ3v) is 5.50. The Labute approximate surface area is 120 Å². The molecule has 1 N–H and O–H groups in total. The Kier molecular flexibility index (Phi) is 5.76. The molecule has 2 rings (SSSR count). The SMILES string of the molecule is CNC(CCCC(F)(F)F)C1CCC2CCCCC2C1. The fraction of sp³-hybridized carbons (Fsp3) is 1.00. The van der Waals surface area contributed by atoms with Crippen molar-refractivity contribution in [2.75, 3.05) is 7.05 Å². The van der Waals surface area contributed by atoms with Gasteiger partial charge < -0.3 is 5.32 Å². The smallest absolute Gasteiger partial charge is 0.317 e. The largest absolute Gasteiger partial charge is 0.389 e. The molecule has 2 saturated carbocycles. The predicted octanol–water partition coefficient (Wildman–Crippen LogP) is 4.91. The molecule has 4 atom stereocenters. The zero-order valence-electron chi connectivity index (χ0n) is 12.5. The fourth-order valence-corrected chi connectivity index (χ4v) is 4.41. The number of halogens is 3. The molecule has 1 nitrogen and oxygen atoms in total. The van der Waals surface area contributed by atoms with Crippen molar-refractivity contribution < 1.29 is 13.2 Å². The molecule has 20 heavy (non-hydrogen) atoms. The Bertz CT molecular complexity index is 290. The number of hydrogen-bond donors (Lipinski definition) is 1. The van der Waals surface area contributed by atoms with E-state index in [4.69, 9.17) is 0 Å². The lowest BCUT2D eigenvalue weighted by molar-refractivity contribution is -0.136. The summed E-state index contributed by atoms with van der Waals surface area (Å²) in [5, 5.41) is 3.29. The fourth-order valence-electron chi connectivity index (χ4n) is 4.41. The summed E-state index contributed by atoms with van der Waals surface area (Å²) in [7, 11) is 1.91. The first kappa shape index (κ1) is 16.1. The first-order valence-corrected chi connectivity index (χ1v) is 8.23. The second-order valence-electron chi connectivity index (χ2n) is 6.78. The van der Waals surface area contributed by atoms with E-state index in [2.05, 4.69) is 5.32 Å². The van der Waals surface area contributed by atoms with Crippen LogP contribution in [0, 0.1) is 17.8 Å². The molecule has 4 heteroatoms. The van der Waals surface area contributed by atoms with Crippen LogP contribution < -0.4 is 5.32 Å². The second-order valence-corrected chi connectivity index (χ2v) is 6.78. The van der Waals surface area contributed by atoms with Gasteiger partial charge in [0.15, 0.2) is 0 Å². The summed E-state index contributed by atoms with van der Waals surface area (Å²) in [6, 6.07) is 0.278. The van der Waals surface area contributed by atoms with Crippen molar-refractivity contribution in [2.45, 2.75) is 76.4 Å². The van der Waals surface area contributed by atoms with E-state index in [0.29, 0.717) is 12.3 Å². The van der Waals surface area contributed by atoms with Crippen LogP contribution in [0.15, 0.2) is 0 Å². The Balaban J connectivity index is 1.79. The predicted molar refractivity (Wildman–Crippen MR) is 75.5 cm³/mol. The molecule has 2 aliphatic carbocycles. The van der Waals surface area contributed by atoms with Gasteiger partial charge in [0.2, 0.25) is 0 Å². The number of nitrogens with one attached hydrogen (secondary N) is 1. The molecule has 0 radical (unpaired) electrons. The maximum atomic E-state index is 12.3. The maximum absolute atomic E-state index is 12.3. The number of rotatable bonds is 5. The zero-order chi connectivity index (χ0) is 14.6. The first-order chi connectivity index (χ1) is 9.49. The van der Waals surface area contributed by atoms with E-state index in [1.807, 2.05) is 7.05 Å². The summed E-state index contributed by atoms with van der Waals surface area (Å²) in [6.45, 7) is 0. The average Bonchev–Trinajstić information content (AvgIpc) is 2.42. The van der Waals surface area contributed by atoms with Crippen LogP contribution in [0.3, 0.4) is 0 Å². The third-order valence-electron chi connectivity index (χ3n) is 5.50. The van der Waals surface area contributed by atoms with Crippen molar-refractivity contribution >= 4 is 0 Å². The molecule has 4 unspecified atom stereocenters. The molecule has 0 aromatic heterocycles. The van der Waals surface area contributed by atoms with Gasteiger partial charge in [-0.25, -0.2) is 0 Å². The van der Waals surface area contributed by atoms with Gasteiger partial charge >= 0.3 is 6.18 Å². The van der Waals surface area contributed by atoms with Crippen molar-refractivity contribution in [3.8, 4) is 0 Å². The molecule has 0 amide bonds. The highest BCUT2D eigenvalue weighted by Gasteiger charge is 2.35. The van der Waals surface area contributed by atoms with Gasteiger partial charge in [-0.3, -0.25) is 0 Å². The van der Waals surface area contributed by atoms with Crippen LogP contribution in [0.2, 0.25) is 0 Å². The van der Waals surface area contributed by atoms with Crippen LogP contribution in [0.1, 0.15) is 64.2 Å². The first-order valence-electron chi connectivity index (χ1n) is 8.23. The van der Waals surface area contributed by atoms with E-state index < -0.39 is 12.6 Å². The third kappa shape index (κ3) is 4.64. The lowest BCUT2D eigenvalue weighted by Gasteiger charge is -2.42. The second kappa shape index (κ2) is 7.15. The molecule has 2 aliphatic rings. The van der Waals surface area contributed by atoms with Crippen molar-refractivity contribution in [3.63, 3.8) is 0 Å². The van der Waals surface area contributed by atoms with Crippen molar-refractivity contribution in [3.05, 3.63) is 0 Å². The van der Waals surface area contributed by atoms with E-state index in [1.54, 1.807) is 0 Å². The van der Waals surface area contributed by atoms with Gasteiger partial charge in [-0.2, -0.15) is 13.2 Å². The molecule has 0 aliphatic heterocycles. The lowest BCUT2D eigenvalue weighted by atomic mass is 9.66. The Morgan fingerprint density at radius 3 is 2.40 bits per heavy atom. The van der Waals surface area contributed by atoms with Gasteiger partial charge in [0.25, 0.3) is 0 Å². The standard InChI is InChI=1S/C16H28F3N/c1-20-15(7-4-10-16(17,18)19)14-9-8-12-5-2-3-6-13(12)11-14/h12-15,20H,2-11H2,1H3. The molecule has 0 bridgehead atoms. The van der Waals surface area contributed by atoms with Gasteiger partial charge in [0.05, 0.1) is 0 Å². The summed E-state index contributed by atoms with van der Waals surface area (Å²) >= 11 is 0. The summed E-state index contributed by atoms with van der Waals surface area (Å²) in [5.74, 6) is 2.35. The van der Waals surface area contributed by atoms with Gasteiger partial charge in [-0.05, 0) is 56.9 Å². The molecule has 0 spiro atoms. The summed E-state index contributed by atoms with van der Waals surface area (Å²) in [4.78, 5) is 0. The van der Waals surface area contributed by atoms with Gasteiger partial charge in [0.1, 0.15) is 0 Å². The minimum absolute atomic E-state index is 0.263. The lowest BCUT2D eigenvalue weighted by Crippen LogP contribution is -2.39. The van der Waals surface area contributed by atoms with Crippen LogP contribution in [-0.2, 0) is 0 Å². The average molecular weight is 291 g/mol. The summed E-state index contributed by atoms with van der Waals surface area (Å²) < 4.78 is 36.8. The number of fused-ring (bicyclic) bond motifs is 1.